The number of methoxy groups -OCH3 is 1. The molecule has 0 radical (unpaired) electrons. The Labute approximate surface area is 211 Å². The second-order valence-corrected chi connectivity index (χ2v) is 10.2. The summed E-state index contributed by atoms with van der Waals surface area (Å²) in [5.74, 6) is 0.447. The largest absolute Gasteiger partial charge is 0.495 e. The number of ether oxygens (including phenoxy) is 2. The number of hydrogen-bond acceptors (Lipinski definition) is 4. The number of rotatable bonds is 4. The van der Waals surface area contributed by atoms with Crippen LogP contribution in [-0.2, 0) is 17.5 Å². The number of fused-ring (bicyclic) bond motifs is 1. The van der Waals surface area contributed by atoms with E-state index in [-0.39, 0.29) is 18.6 Å². The Hall–Kier alpha value is -3.14. The van der Waals surface area contributed by atoms with Crippen LogP contribution in [0.1, 0.15) is 44.4 Å². The van der Waals surface area contributed by atoms with Crippen LogP contribution in [0.15, 0.2) is 41.2 Å². The van der Waals surface area contributed by atoms with Crippen molar-refractivity contribution < 1.29 is 27.4 Å². The quantitative estimate of drug-likeness (QED) is 0.437. The SMILES string of the molecule is COc1ccc(Cn2c(=O)n([C@H]3CCN(C(=O)OC(C)(C)C)C3)c3ccc(C(F)(F)F)cc32)cc1Cl. The molecule has 2 heterocycles. The van der Waals surface area contributed by atoms with Gasteiger partial charge in [-0.2, -0.15) is 13.2 Å². The molecule has 7 nitrogen and oxygen atoms in total. The molecule has 0 bridgehead atoms. The molecule has 36 heavy (non-hydrogen) atoms. The first-order valence-electron chi connectivity index (χ1n) is 11.4. The fourth-order valence-corrected chi connectivity index (χ4v) is 4.68. The summed E-state index contributed by atoms with van der Waals surface area (Å²) in [6.07, 6.45) is -4.59. The molecule has 1 amide bonds. The zero-order valence-corrected chi connectivity index (χ0v) is 21.1. The van der Waals surface area contributed by atoms with Crippen LogP contribution in [0.25, 0.3) is 11.0 Å². The van der Waals surface area contributed by atoms with Gasteiger partial charge in [-0.3, -0.25) is 9.13 Å². The first kappa shape index (κ1) is 25.9. The van der Waals surface area contributed by atoms with Crippen LogP contribution in [0.5, 0.6) is 5.75 Å². The fraction of sp³-hybridized carbons (Fsp3) is 0.440. The van der Waals surface area contributed by atoms with Crippen molar-refractivity contribution in [2.24, 2.45) is 0 Å². The number of hydrogen-bond donors (Lipinski definition) is 0. The minimum atomic E-state index is -4.57. The molecule has 194 valence electrons. The van der Waals surface area contributed by atoms with E-state index in [4.69, 9.17) is 21.1 Å². The monoisotopic (exact) mass is 525 g/mol. The summed E-state index contributed by atoms with van der Waals surface area (Å²) >= 11 is 6.22. The van der Waals surface area contributed by atoms with E-state index in [9.17, 15) is 22.8 Å². The fourth-order valence-electron chi connectivity index (χ4n) is 4.40. The molecule has 3 aromatic rings. The second kappa shape index (κ2) is 9.38. The van der Waals surface area contributed by atoms with Gasteiger partial charge in [-0.25, -0.2) is 9.59 Å². The lowest BCUT2D eigenvalue weighted by Crippen LogP contribution is -2.36. The van der Waals surface area contributed by atoms with Crippen molar-refractivity contribution in [3.05, 3.63) is 63.0 Å². The Morgan fingerprint density at radius 3 is 2.44 bits per heavy atom. The minimum absolute atomic E-state index is 0.00978. The van der Waals surface area contributed by atoms with E-state index >= 15 is 0 Å². The van der Waals surface area contributed by atoms with Crippen LogP contribution < -0.4 is 10.4 Å². The number of benzene rings is 2. The van der Waals surface area contributed by atoms with Crippen LogP contribution in [0.3, 0.4) is 0 Å². The topological polar surface area (TPSA) is 65.7 Å². The minimum Gasteiger partial charge on any atom is -0.495 e. The van der Waals surface area contributed by atoms with Gasteiger partial charge in [-0.1, -0.05) is 17.7 Å². The maximum Gasteiger partial charge on any atom is 0.416 e. The number of alkyl halides is 3. The summed E-state index contributed by atoms with van der Waals surface area (Å²) < 4.78 is 53.9. The number of likely N-dealkylation sites (tertiary alicyclic amines) is 1. The van der Waals surface area contributed by atoms with Crippen LogP contribution in [0.4, 0.5) is 18.0 Å². The van der Waals surface area contributed by atoms with Crippen molar-refractivity contribution in [1.82, 2.24) is 14.0 Å². The van der Waals surface area contributed by atoms with E-state index in [1.165, 1.54) is 27.2 Å². The molecule has 0 N–H and O–H groups in total. The number of nitrogens with zero attached hydrogens (tertiary/aromatic N) is 3. The molecule has 11 heteroatoms. The van der Waals surface area contributed by atoms with E-state index < -0.39 is 35.2 Å². The normalized spacial score (nSPS) is 16.6. The van der Waals surface area contributed by atoms with Crippen molar-refractivity contribution in [2.45, 2.75) is 51.6 Å². The molecule has 1 atom stereocenters. The maximum atomic E-state index is 13.6. The van der Waals surface area contributed by atoms with Gasteiger partial charge in [0.1, 0.15) is 11.4 Å². The third-order valence-corrected chi connectivity index (χ3v) is 6.32. The maximum absolute atomic E-state index is 13.6. The van der Waals surface area contributed by atoms with E-state index in [0.29, 0.717) is 34.8 Å². The number of imidazole rings is 1. The average molecular weight is 526 g/mol. The molecular weight excluding hydrogens is 499 g/mol. The summed E-state index contributed by atoms with van der Waals surface area (Å²) in [7, 11) is 1.47. The standard InChI is InChI=1S/C25H27ClF3N3O4/c1-24(2,3)36-23(34)30-10-9-17(14-30)32-19-7-6-16(25(27,28)29)12-20(19)31(22(32)33)13-15-5-8-21(35-4)18(26)11-15/h5-8,11-12,17H,9-10,13-14H2,1-4H3/t17-/m0/s1. The van der Waals surface area contributed by atoms with Gasteiger partial charge in [0.2, 0.25) is 0 Å². The van der Waals surface area contributed by atoms with Gasteiger partial charge in [0.25, 0.3) is 0 Å². The van der Waals surface area contributed by atoms with E-state index in [1.54, 1.807) is 39.0 Å². The smallest absolute Gasteiger partial charge is 0.416 e. The number of amides is 1. The Bertz CT molecular complexity index is 1360. The highest BCUT2D eigenvalue weighted by Gasteiger charge is 2.35. The van der Waals surface area contributed by atoms with Crippen molar-refractivity contribution in [3.8, 4) is 5.75 Å². The highest BCUT2D eigenvalue weighted by atomic mass is 35.5. The van der Waals surface area contributed by atoms with Crippen molar-refractivity contribution >= 4 is 28.7 Å². The Morgan fingerprint density at radius 2 is 1.83 bits per heavy atom. The number of halogens is 4. The van der Waals surface area contributed by atoms with Crippen LogP contribution >= 0.6 is 11.6 Å². The molecule has 0 spiro atoms. The number of carbonyl (C=O) groups is 1. The van der Waals surface area contributed by atoms with Gasteiger partial charge in [-0.15, -0.1) is 0 Å². The van der Waals surface area contributed by atoms with Gasteiger partial charge in [0.05, 0.1) is 41.3 Å². The molecule has 1 aliphatic rings. The van der Waals surface area contributed by atoms with E-state index in [2.05, 4.69) is 0 Å². The third-order valence-electron chi connectivity index (χ3n) is 6.03. The van der Waals surface area contributed by atoms with E-state index in [1.807, 2.05) is 0 Å². The zero-order chi connectivity index (χ0) is 26.4. The van der Waals surface area contributed by atoms with Gasteiger partial charge in [0, 0.05) is 13.1 Å². The molecule has 2 aromatic carbocycles. The zero-order valence-electron chi connectivity index (χ0n) is 20.4. The molecule has 0 saturated carbocycles. The Morgan fingerprint density at radius 1 is 1.11 bits per heavy atom. The third kappa shape index (κ3) is 5.18. The Balaban J connectivity index is 1.76. The van der Waals surface area contributed by atoms with Crippen LogP contribution in [0.2, 0.25) is 5.02 Å². The van der Waals surface area contributed by atoms with Gasteiger partial charge in [-0.05, 0) is 63.1 Å². The molecular formula is C25H27ClF3N3O4. The molecule has 1 fully saturated rings. The van der Waals surface area contributed by atoms with Crippen LogP contribution in [-0.4, -0.2) is 45.9 Å². The van der Waals surface area contributed by atoms with Crippen molar-refractivity contribution in [1.29, 1.82) is 0 Å². The molecule has 0 unspecified atom stereocenters. The summed E-state index contributed by atoms with van der Waals surface area (Å²) in [4.78, 5) is 27.7. The summed E-state index contributed by atoms with van der Waals surface area (Å²) in [5.41, 5.74) is -0.847. The second-order valence-electron chi connectivity index (χ2n) is 9.78. The predicted octanol–water partition coefficient (Wildman–Crippen LogP) is 5.71. The van der Waals surface area contributed by atoms with Crippen molar-refractivity contribution in [3.63, 3.8) is 0 Å². The lowest BCUT2D eigenvalue weighted by Gasteiger charge is -2.24. The van der Waals surface area contributed by atoms with Crippen molar-refractivity contribution in [2.75, 3.05) is 20.2 Å². The molecule has 0 aliphatic carbocycles. The highest BCUT2D eigenvalue weighted by Crippen LogP contribution is 2.33. The van der Waals surface area contributed by atoms with Gasteiger partial charge < -0.3 is 14.4 Å². The molecule has 1 aromatic heterocycles. The number of carbonyl (C=O) groups excluding carboxylic acids is 1. The average Bonchev–Trinajstić information content (AvgIpc) is 3.35. The predicted molar refractivity (Wildman–Crippen MR) is 130 cm³/mol. The van der Waals surface area contributed by atoms with Gasteiger partial charge >= 0.3 is 18.0 Å². The Kier molecular flexibility index (Phi) is 6.76. The summed E-state index contributed by atoms with van der Waals surface area (Å²) in [6, 6.07) is 7.81. The lowest BCUT2D eigenvalue weighted by atomic mass is 10.1. The first-order chi connectivity index (χ1) is 16.8. The number of aromatic nitrogens is 2. The van der Waals surface area contributed by atoms with E-state index in [0.717, 1.165) is 12.1 Å². The van der Waals surface area contributed by atoms with Gasteiger partial charge in [0.15, 0.2) is 0 Å². The molecule has 1 aliphatic heterocycles. The molecule has 1 saturated heterocycles. The lowest BCUT2D eigenvalue weighted by molar-refractivity contribution is -0.137. The molecule has 4 rings (SSSR count). The first-order valence-corrected chi connectivity index (χ1v) is 11.8. The summed E-state index contributed by atoms with van der Waals surface area (Å²) in [5, 5.41) is 0.326. The summed E-state index contributed by atoms with van der Waals surface area (Å²) in [6.45, 7) is 5.88. The highest BCUT2D eigenvalue weighted by molar-refractivity contribution is 6.32. The van der Waals surface area contributed by atoms with Crippen LogP contribution in [0, 0.1) is 0 Å².